The van der Waals surface area contributed by atoms with E-state index in [-0.39, 0.29) is 36.2 Å². The lowest BCUT2D eigenvalue weighted by atomic mass is 9.90. The predicted molar refractivity (Wildman–Crippen MR) is 99.1 cm³/mol. The third kappa shape index (κ3) is 4.32. The minimum absolute atomic E-state index is 0. The van der Waals surface area contributed by atoms with Crippen LogP contribution in [0.25, 0.3) is 0 Å². The summed E-state index contributed by atoms with van der Waals surface area (Å²) in [6, 6.07) is 7.74. The van der Waals surface area contributed by atoms with Crippen LogP contribution in [0, 0.1) is 5.92 Å². The number of aromatic nitrogens is 2. The van der Waals surface area contributed by atoms with Crippen molar-refractivity contribution in [2.24, 2.45) is 13.0 Å². The van der Waals surface area contributed by atoms with Gasteiger partial charge in [0.15, 0.2) is 0 Å². The molecule has 1 unspecified atom stereocenters. The zero-order valence-electron chi connectivity index (χ0n) is 14.7. The molecule has 2 N–H and O–H groups in total. The average molecular weight is 365 g/mol. The Morgan fingerprint density at radius 2 is 2.08 bits per heavy atom. The average Bonchev–Trinajstić information content (AvgIpc) is 3.23. The maximum absolute atomic E-state index is 12.7. The highest BCUT2D eigenvalue weighted by molar-refractivity contribution is 5.85. The van der Waals surface area contributed by atoms with Crippen molar-refractivity contribution in [2.75, 3.05) is 20.2 Å². The topological polar surface area (TPSA) is 68.2 Å². The number of carbonyl (C=O) groups excluding carboxylic acids is 1. The molecule has 0 bridgehead atoms. The minimum Gasteiger partial charge on any atom is -0.497 e. The van der Waals surface area contributed by atoms with Crippen molar-refractivity contribution in [3.05, 3.63) is 47.8 Å². The van der Waals surface area contributed by atoms with E-state index in [1.807, 2.05) is 50.6 Å². The molecule has 0 aliphatic carbocycles. The van der Waals surface area contributed by atoms with Crippen LogP contribution in [0.2, 0.25) is 0 Å². The summed E-state index contributed by atoms with van der Waals surface area (Å²) in [7, 11) is 3.54. The first-order chi connectivity index (χ1) is 11.6. The van der Waals surface area contributed by atoms with Gasteiger partial charge in [0.05, 0.1) is 25.3 Å². The molecule has 7 heteroatoms. The van der Waals surface area contributed by atoms with Crippen molar-refractivity contribution >= 4 is 18.3 Å². The summed E-state index contributed by atoms with van der Waals surface area (Å²) in [5.74, 6) is 0.989. The van der Waals surface area contributed by atoms with Crippen molar-refractivity contribution in [3.8, 4) is 5.75 Å². The molecular weight excluding hydrogens is 340 g/mol. The maximum Gasteiger partial charge on any atom is 0.225 e. The second-order valence-corrected chi connectivity index (χ2v) is 6.32. The number of amides is 1. The van der Waals surface area contributed by atoms with Gasteiger partial charge in [-0.05, 0) is 30.2 Å². The summed E-state index contributed by atoms with van der Waals surface area (Å²) in [5, 5.41) is 10.7. The smallest absolute Gasteiger partial charge is 0.225 e. The van der Waals surface area contributed by atoms with E-state index in [2.05, 4.69) is 15.7 Å². The Hall–Kier alpha value is -2.05. The van der Waals surface area contributed by atoms with Crippen LogP contribution in [0.1, 0.15) is 30.0 Å². The second-order valence-electron chi connectivity index (χ2n) is 6.32. The zero-order valence-corrected chi connectivity index (χ0v) is 15.5. The molecule has 1 saturated heterocycles. The largest absolute Gasteiger partial charge is 0.497 e. The number of hydrogen-bond acceptors (Lipinski definition) is 4. The van der Waals surface area contributed by atoms with Gasteiger partial charge < -0.3 is 15.4 Å². The number of halogens is 1. The van der Waals surface area contributed by atoms with Gasteiger partial charge in [0.1, 0.15) is 5.75 Å². The van der Waals surface area contributed by atoms with Crippen LogP contribution >= 0.6 is 12.4 Å². The molecule has 136 valence electrons. The van der Waals surface area contributed by atoms with E-state index in [4.69, 9.17) is 4.74 Å². The van der Waals surface area contributed by atoms with Gasteiger partial charge >= 0.3 is 0 Å². The Morgan fingerprint density at radius 3 is 2.68 bits per heavy atom. The molecule has 1 aliphatic rings. The van der Waals surface area contributed by atoms with Crippen LogP contribution in [-0.2, 0) is 11.8 Å². The maximum atomic E-state index is 12.7. The van der Waals surface area contributed by atoms with Gasteiger partial charge in [-0.1, -0.05) is 12.1 Å². The van der Waals surface area contributed by atoms with Gasteiger partial charge in [-0.3, -0.25) is 9.48 Å². The Bertz CT molecular complexity index is 701. The summed E-state index contributed by atoms with van der Waals surface area (Å²) >= 11 is 0. The number of carbonyl (C=O) groups is 1. The molecule has 3 atom stereocenters. The lowest BCUT2D eigenvalue weighted by Crippen LogP contribution is -2.35. The monoisotopic (exact) mass is 364 g/mol. The molecule has 0 saturated carbocycles. The van der Waals surface area contributed by atoms with Gasteiger partial charge in [0.2, 0.25) is 5.91 Å². The lowest BCUT2D eigenvalue weighted by molar-refractivity contribution is -0.125. The highest BCUT2D eigenvalue weighted by Crippen LogP contribution is 2.28. The molecule has 1 aromatic carbocycles. The van der Waals surface area contributed by atoms with Gasteiger partial charge in [-0.25, -0.2) is 0 Å². The van der Waals surface area contributed by atoms with E-state index in [0.717, 1.165) is 23.4 Å². The van der Waals surface area contributed by atoms with Crippen molar-refractivity contribution in [1.82, 2.24) is 20.4 Å². The van der Waals surface area contributed by atoms with Crippen molar-refractivity contribution in [1.29, 1.82) is 0 Å². The van der Waals surface area contributed by atoms with Crippen LogP contribution in [0.15, 0.2) is 36.7 Å². The molecule has 2 aromatic rings. The lowest BCUT2D eigenvalue weighted by Gasteiger charge is -2.21. The van der Waals surface area contributed by atoms with Crippen LogP contribution in [-0.4, -0.2) is 35.9 Å². The van der Waals surface area contributed by atoms with Crippen LogP contribution in [0.4, 0.5) is 0 Å². The fourth-order valence-electron chi connectivity index (χ4n) is 3.23. The van der Waals surface area contributed by atoms with E-state index in [0.29, 0.717) is 6.54 Å². The Morgan fingerprint density at radius 1 is 1.36 bits per heavy atom. The highest BCUT2D eigenvalue weighted by atomic mass is 35.5. The number of nitrogens with one attached hydrogen (secondary N) is 2. The molecule has 1 aromatic heterocycles. The van der Waals surface area contributed by atoms with Gasteiger partial charge in [-0.2, -0.15) is 5.10 Å². The molecule has 1 amide bonds. The van der Waals surface area contributed by atoms with Gasteiger partial charge in [0.25, 0.3) is 0 Å². The molecule has 0 spiro atoms. The molecule has 0 radical (unpaired) electrons. The Balaban J connectivity index is 0.00000225. The fourth-order valence-corrected chi connectivity index (χ4v) is 3.23. The molecular formula is C18H25ClN4O2. The Kier molecular flexibility index (Phi) is 6.45. The van der Waals surface area contributed by atoms with Crippen molar-refractivity contribution in [3.63, 3.8) is 0 Å². The quantitative estimate of drug-likeness (QED) is 0.851. The summed E-state index contributed by atoms with van der Waals surface area (Å²) in [5.41, 5.74) is 2.17. The zero-order chi connectivity index (χ0) is 17.1. The Labute approximate surface area is 154 Å². The molecule has 1 aliphatic heterocycles. The predicted octanol–water partition coefficient (Wildman–Crippen LogP) is 2.03. The number of methoxy groups -OCH3 is 1. The molecule has 1 fully saturated rings. The summed E-state index contributed by atoms with van der Waals surface area (Å²) in [4.78, 5) is 12.7. The molecule has 25 heavy (non-hydrogen) atoms. The number of aryl methyl sites for hydroxylation is 1. The number of hydrogen-bond donors (Lipinski definition) is 2. The van der Waals surface area contributed by atoms with E-state index >= 15 is 0 Å². The molecule has 2 heterocycles. The number of nitrogens with zero attached hydrogens (tertiary/aromatic N) is 2. The third-order valence-electron chi connectivity index (χ3n) is 4.68. The second kappa shape index (κ2) is 8.36. The first kappa shape index (κ1) is 19.3. The first-order valence-electron chi connectivity index (χ1n) is 8.22. The summed E-state index contributed by atoms with van der Waals surface area (Å²) < 4.78 is 6.95. The standard InChI is InChI=1S/C18H24N4O2.ClH/c1-12(13-4-6-15(24-3)7-5-13)21-18(23)17-10-19-9-16(17)14-8-20-22(2)11-14;/h4-8,11-12,16-17,19H,9-10H2,1-3H3,(H,21,23);1H/t12?,16-,17+;/m1./s1. The van der Waals surface area contributed by atoms with Crippen LogP contribution < -0.4 is 15.4 Å². The van der Waals surface area contributed by atoms with E-state index in [9.17, 15) is 4.79 Å². The fraction of sp³-hybridized carbons (Fsp3) is 0.444. The van der Waals surface area contributed by atoms with Crippen LogP contribution in [0.5, 0.6) is 5.75 Å². The van der Waals surface area contributed by atoms with Crippen molar-refractivity contribution in [2.45, 2.75) is 18.9 Å². The number of benzene rings is 1. The van der Waals surface area contributed by atoms with Gasteiger partial charge in [0, 0.05) is 32.3 Å². The summed E-state index contributed by atoms with van der Waals surface area (Å²) in [6.07, 6.45) is 3.84. The first-order valence-corrected chi connectivity index (χ1v) is 8.22. The molecule has 3 rings (SSSR count). The van der Waals surface area contributed by atoms with Gasteiger partial charge in [-0.15, -0.1) is 12.4 Å². The number of rotatable bonds is 5. The van der Waals surface area contributed by atoms with Crippen LogP contribution in [0.3, 0.4) is 0 Å². The third-order valence-corrected chi connectivity index (χ3v) is 4.68. The summed E-state index contributed by atoms with van der Waals surface area (Å²) in [6.45, 7) is 3.50. The number of ether oxygens (including phenoxy) is 1. The SMILES string of the molecule is COc1ccc(C(C)NC(=O)[C@H]2CNC[C@@H]2c2cnn(C)c2)cc1.Cl. The van der Waals surface area contributed by atoms with E-state index in [1.165, 1.54) is 0 Å². The van der Waals surface area contributed by atoms with E-state index < -0.39 is 0 Å². The normalized spacial score (nSPS) is 20.6. The highest BCUT2D eigenvalue weighted by Gasteiger charge is 2.35. The van der Waals surface area contributed by atoms with E-state index in [1.54, 1.807) is 11.8 Å². The molecule has 6 nitrogen and oxygen atoms in total. The van der Waals surface area contributed by atoms with Crippen molar-refractivity contribution < 1.29 is 9.53 Å². The minimum atomic E-state index is -0.0742.